The van der Waals surface area contributed by atoms with E-state index >= 15 is 0 Å². The molecule has 1 N–H and O–H groups in total. The highest BCUT2D eigenvalue weighted by Crippen LogP contribution is 2.26. The Kier molecular flexibility index (Phi) is 4.61. The second-order valence-corrected chi connectivity index (χ2v) is 5.41. The summed E-state index contributed by atoms with van der Waals surface area (Å²) >= 11 is 0. The fraction of sp³-hybridized carbons (Fsp3) is 0.158. The van der Waals surface area contributed by atoms with Gasteiger partial charge < -0.3 is 14.5 Å². The number of carbonyl (C=O) groups excluding carboxylic acids is 2. The van der Waals surface area contributed by atoms with Crippen LogP contribution in [-0.4, -0.2) is 18.8 Å². The van der Waals surface area contributed by atoms with E-state index in [1.165, 1.54) is 0 Å². The lowest BCUT2D eigenvalue weighted by molar-refractivity contribution is -0.123. The highest BCUT2D eigenvalue weighted by atomic mass is 16.5. The number of furan rings is 1. The predicted molar refractivity (Wildman–Crippen MR) is 90.1 cm³/mol. The molecule has 1 heterocycles. The Hall–Kier alpha value is -3.08. The Morgan fingerprint density at radius 1 is 1.21 bits per heavy atom. The minimum atomic E-state index is -0.288. The van der Waals surface area contributed by atoms with Gasteiger partial charge in [-0.2, -0.15) is 0 Å². The lowest BCUT2D eigenvalue weighted by Crippen LogP contribution is -2.31. The molecular formula is C19H17NO4. The van der Waals surface area contributed by atoms with Crippen molar-refractivity contribution in [3.8, 4) is 5.75 Å². The van der Waals surface area contributed by atoms with Crippen LogP contribution in [0.3, 0.4) is 0 Å². The first-order valence-corrected chi connectivity index (χ1v) is 7.61. The molecule has 5 heteroatoms. The Bertz CT molecular complexity index is 855. The first-order valence-electron chi connectivity index (χ1n) is 7.61. The summed E-state index contributed by atoms with van der Waals surface area (Å²) < 4.78 is 10.8. The highest BCUT2D eigenvalue weighted by Gasteiger charge is 2.14. The van der Waals surface area contributed by atoms with Gasteiger partial charge in [0, 0.05) is 0 Å². The molecule has 0 fully saturated rings. The molecule has 0 spiro atoms. The van der Waals surface area contributed by atoms with Crippen molar-refractivity contribution in [1.82, 2.24) is 5.32 Å². The van der Waals surface area contributed by atoms with Crippen molar-refractivity contribution in [2.45, 2.75) is 13.0 Å². The largest absolute Gasteiger partial charge is 0.483 e. The molecule has 0 saturated carbocycles. The summed E-state index contributed by atoms with van der Waals surface area (Å²) in [5, 5.41) is 4.53. The zero-order valence-corrected chi connectivity index (χ0v) is 13.2. The maximum Gasteiger partial charge on any atom is 0.258 e. The van der Waals surface area contributed by atoms with Crippen LogP contribution in [0.5, 0.6) is 5.75 Å². The van der Waals surface area contributed by atoms with Crippen LogP contribution < -0.4 is 10.1 Å². The number of amides is 1. The van der Waals surface area contributed by atoms with E-state index in [1.807, 2.05) is 37.3 Å². The molecule has 24 heavy (non-hydrogen) atoms. The topological polar surface area (TPSA) is 68.5 Å². The van der Waals surface area contributed by atoms with Crippen LogP contribution in [0, 0.1) is 0 Å². The molecule has 0 unspecified atom stereocenters. The average Bonchev–Trinajstić information content (AvgIpc) is 3.14. The van der Waals surface area contributed by atoms with Crippen LogP contribution >= 0.6 is 0 Å². The lowest BCUT2D eigenvalue weighted by atomic mass is 10.0. The van der Waals surface area contributed by atoms with Crippen LogP contribution in [0.1, 0.15) is 29.1 Å². The third-order valence-electron chi connectivity index (χ3n) is 3.75. The number of aldehydes is 1. The number of nitrogens with one attached hydrogen (secondary N) is 1. The summed E-state index contributed by atoms with van der Waals surface area (Å²) in [5.41, 5.74) is 0.444. The molecule has 0 bridgehead atoms. The van der Waals surface area contributed by atoms with Crippen molar-refractivity contribution in [2.24, 2.45) is 0 Å². The predicted octanol–water partition coefficient (Wildman–Crippen LogP) is 3.50. The molecule has 0 radical (unpaired) electrons. The minimum Gasteiger partial charge on any atom is -0.483 e. The van der Waals surface area contributed by atoms with Crippen molar-refractivity contribution in [3.63, 3.8) is 0 Å². The number of fused-ring (bicyclic) bond motifs is 1. The van der Waals surface area contributed by atoms with Crippen molar-refractivity contribution in [3.05, 3.63) is 66.1 Å². The Morgan fingerprint density at radius 3 is 2.79 bits per heavy atom. The van der Waals surface area contributed by atoms with Crippen LogP contribution in [0.4, 0.5) is 0 Å². The van der Waals surface area contributed by atoms with Crippen molar-refractivity contribution < 1.29 is 18.7 Å². The average molecular weight is 323 g/mol. The maximum atomic E-state index is 12.0. The summed E-state index contributed by atoms with van der Waals surface area (Å²) in [7, 11) is 0. The lowest BCUT2D eigenvalue weighted by Gasteiger charge is -2.13. The van der Waals surface area contributed by atoms with E-state index in [0.717, 1.165) is 17.1 Å². The Morgan fingerprint density at radius 2 is 2.04 bits per heavy atom. The summed E-state index contributed by atoms with van der Waals surface area (Å²) in [5.74, 6) is 0.774. The molecule has 0 aliphatic heterocycles. The van der Waals surface area contributed by atoms with Gasteiger partial charge in [0.05, 0.1) is 17.9 Å². The van der Waals surface area contributed by atoms with Gasteiger partial charge in [-0.3, -0.25) is 9.59 Å². The van der Waals surface area contributed by atoms with E-state index in [4.69, 9.17) is 9.15 Å². The van der Waals surface area contributed by atoms with E-state index in [0.29, 0.717) is 17.1 Å². The zero-order chi connectivity index (χ0) is 16.9. The van der Waals surface area contributed by atoms with Gasteiger partial charge in [-0.1, -0.05) is 30.3 Å². The quantitative estimate of drug-likeness (QED) is 0.705. The molecule has 0 saturated heterocycles. The van der Waals surface area contributed by atoms with Gasteiger partial charge in [0.15, 0.2) is 12.9 Å². The van der Waals surface area contributed by atoms with Gasteiger partial charge in [0.25, 0.3) is 5.91 Å². The van der Waals surface area contributed by atoms with Gasteiger partial charge >= 0.3 is 0 Å². The van der Waals surface area contributed by atoms with Crippen LogP contribution in [0.2, 0.25) is 0 Å². The Labute approximate surface area is 139 Å². The highest BCUT2D eigenvalue weighted by molar-refractivity contribution is 6.00. The first-order chi connectivity index (χ1) is 11.7. The van der Waals surface area contributed by atoms with Gasteiger partial charge in [-0.05, 0) is 35.9 Å². The third kappa shape index (κ3) is 3.30. The van der Waals surface area contributed by atoms with Crippen LogP contribution in [0.25, 0.3) is 10.8 Å². The summed E-state index contributed by atoms with van der Waals surface area (Å²) in [6, 6.07) is 14.4. The fourth-order valence-electron chi connectivity index (χ4n) is 2.56. The normalized spacial score (nSPS) is 11.9. The molecule has 0 aliphatic rings. The van der Waals surface area contributed by atoms with E-state index < -0.39 is 0 Å². The molecule has 2 aromatic carbocycles. The number of hydrogen-bond acceptors (Lipinski definition) is 4. The summed E-state index contributed by atoms with van der Waals surface area (Å²) in [6.07, 6.45) is 2.31. The second kappa shape index (κ2) is 7.00. The van der Waals surface area contributed by atoms with Crippen molar-refractivity contribution in [2.75, 3.05) is 6.61 Å². The number of benzene rings is 2. The molecule has 5 nitrogen and oxygen atoms in total. The van der Waals surface area contributed by atoms with E-state index in [-0.39, 0.29) is 18.6 Å². The van der Waals surface area contributed by atoms with Crippen molar-refractivity contribution >= 4 is 23.0 Å². The van der Waals surface area contributed by atoms with Crippen molar-refractivity contribution in [1.29, 1.82) is 0 Å². The standard InChI is InChI=1S/C19H17NO4/c1-13(17-7-4-10-23-17)20-19(22)12-24-18-9-8-14-5-2-3-6-15(14)16(18)11-21/h2-11,13H,12H2,1H3,(H,20,22)/t13-/m1/s1. The number of hydrogen-bond donors (Lipinski definition) is 1. The van der Waals surface area contributed by atoms with Gasteiger partial charge in [-0.25, -0.2) is 0 Å². The monoisotopic (exact) mass is 323 g/mol. The molecule has 122 valence electrons. The first kappa shape index (κ1) is 15.8. The third-order valence-corrected chi connectivity index (χ3v) is 3.75. The van der Waals surface area contributed by atoms with Gasteiger partial charge in [0.1, 0.15) is 11.5 Å². The van der Waals surface area contributed by atoms with E-state index in [1.54, 1.807) is 24.5 Å². The SMILES string of the molecule is C[C@@H](NC(=O)COc1ccc2ccccc2c1C=O)c1ccco1. The molecule has 1 amide bonds. The molecule has 1 atom stereocenters. The molecule has 1 aromatic heterocycles. The minimum absolute atomic E-state index is 0.176. The maximum absolute atomic E-state index is 12.0. The van der Waals surface area contributed by atoms with E-state index in [9.17, 15) is 9.59 Å². The van der Waals surface area contributed by atoms with Gasteiger partial charge in [0.2, 0.25) is 0 Å². The number of rotatable bonds is 6. The fourth-order valence-corrected chi connectivity index (χ4v) is 2.56. The van der Waals surface area contributed by atoms with Crippen LogP contribution in [0.15, 0.2) is 59.2 Å². The van der Waals surface area contributed by atoms with E-state index in [2.05, 4.69) is 5.32 Å². The number of carbonyl (C=O) groups is 2. The van der Waals surface area contributed by atoms with Gasteiger partial charge in [-0.15, -0.1) is 0 Å². The Balaban J connectivity index is 1.69. The molecular weight excluding hydrogens is 306 g/mol. The molecule has 0 aliphatic carbocycles. The smallest absolute Gasteiger partial charge is 0.258 e. The molecule has 3 rings (SSSR count). The summed E-state index contributed by atoms with van der Waals surface area (Å²) in [4.78, 5) is 23.4. The second-order valence-electron chi connectivity index (χ2n) is 5.41. The van der Waals surface area contributed by atoms with Crippen LogP contribution in [-0.2, 0) is 4.79 Å². The zero-order valence-electron chi connectivity index (χ0n) is 13.2. The summed E-state index contributed by atoms with van der Waals surface area (Å²) in [6.45, 7) is 1.65. The molecule has 3 aromatic rings. The number of ether oxygens (including phenoxy) is 1.